The molecule has 0 spiro atoms. The molecule has 1 N–H and O–H groups in total. The topological polar surface area (TPSA) is 108 Å². The predicted molar refractivity (Wildman–Crippen MR) is 112 cm³/mol. The monoisotopic (exact) mass is 517 g/mol. The van der Waals surface area contributed by atoms with Crippen LogP contribution >= 0.6 is 11.6 Å². The number of ether oxygens (including phenoxy) is 1. The number of carbonyl (C=O) groups is 1. The zero-order chi connectivity index (χ0) is 23.5. The van der Waals surface area contributed by atoms with Crippen LogP contribution in [0.4, 0.5) is 29.3 Å². The zero-order valence-corrected chi connectivity index (χ0v) is 21.4. The average molecular weight is 518 g/mol. The van der Waals surface area contributed by atoms with E-state index < -0.39 is 34.9 Å². The van der Waals surface area contributed by atoms with Gasteiger partial charge >= 0.3 is 35.7 Å². The number of aryl methyl sites for hydroxylation is 1. The average Bonchev–Trinajstić information content (AvgIpc) is 3.05. The van der Waals surface area contributed by atoms with Gasteiger partial charge in [0.25, 0.3) is 10.2 Å². The number of hydrogen-bond acceptors (Lipinski definition) is 5. The quantitative estimate of drug-likeness (QED) is 0.576. The van der Waals surface area contributed by atoms with Gasteiger partial charge in [0, 0.05) is 37.5 Å². The van der Waals surface area contributed by atoms with Crippen LogP contribution in [0.25, 0.3) is 4.72 Å². The van der Waals surface area contributed by atoms with Crippen LogP contribution in [0.15, 0.2) is 30.6 Å². The number of nitrogens with zero attached hydrogens (tertiary/aromatic N) is 4. The molecule has 1 fully saturated rings. The van der Waals surface area contributed by atoms with Crippen molar-refractivity contribution < 1.29 is 60.7 Å². The number of hydrogen-bond donors (Lipinski definition) is 1. The standard InChI is InChI=1S/C18H21ClF3N5O4S.Na/c1-26-11-16(10-23-26)27(15-2-4-31-5-3-15)32(29,30)25-17(28)24-14-7-12(6-13(19)8-14)9-18(20,21)22;/h6-8,10-11,15H,2-5,9H2,1H3,(H2,24,25,28);/q;+1/p-1. The Hall–Kier alpha value is -1.51. The second-order valence-electron chi connectivity index (χ2n) is 7.15. The third kappa shape index (κ3) is 8.04. The fourth-order valence-electron chi connectivity index (χ4n) is 3.33. The number of carbonyl (C=O) groups excluding carboxylic acids is 1. The first-order valence-electron chi connectivity index (χ1n) is 9.44. The van der Waals surface area contributed by atoms with E-state index in [-0.39, 0.29) is 51.5 Å². The number of nitrogens with one attached hydrogen (secondary N) is 1. The van der Waals surface area contributed by atoms with Gasteiger partial charge in [-0.1, -0.05) is 17.7 Å². The van der Waals surface area contributed by atoms with Crippen molar-refractivity contribution in [1.82, 2.24) is 9.78 Å². The summed E-state index contributed by atoms with van der Waals surface area (Å²) in [5.74, 6) is 0. The molecular formula is C18H20ClF3N5NaO4S. The van der Waals surface area contributed by atoms with Gasteiger partial charge in [-0.05, 0) is 36.2 Å². The number of aromatic nitrogens is 2. The molecule has 0 radical (unpaired) electrons. The molecule has 33 heavy (non-hydrogen) atoms. The summed E-state index contributed by atoms with van der Waals surface area (Å²) in [5.41, 5.74) is -0.0757. The maximum absolute atomic E-state index is 13.0. The number of halogens is 4. The molecule has 1 aromatic heterocycles. The van der Waals surface area contributed by atoms with Crippen LogP contribution in [0, 0.1) is 0 Å². The number of anilines is 2. The molecule has 2 aromatic rings. The zero-order valence-electron chi connectivity index (χ0n) is 17.8. The van der Waals surface area contributed by atoms with Gasteiger partial charge in [-0.25, -0.2) is 8.42 Å². The van der Waals surface area contributed by atoms with Gasteiger partial charge in [-0.3, -0.25) is 13.8 Å². The maximum Gasteiger partial charge on any atom is 1.00 e. The van der Waals surface area contributed by atoms with E-state index in [4.69, 9.17) is 16.3 Å². The van der Waals surface area contributed by atoms with Gasteiger partial charge < -0.3 is 14.8 Å². The normalized spacial score (nSPS) is 14.9. The molecule has 15 heteroatoms. The second kappa shape index (κ2) is 11.3. The summed E-state index contributed by atoms with van der Waals surface area (Å²) in [6, 6.07) is 1.58. The first-order valence-corrected chi connectivity index (χ1v) is 11.2. The molecule has 1 aliphatic rings. The second-order valence-corrected chi connectivity index (χ2v) is 9.06. The maximum atomic E-state index is 13.0. The van der Waals surface area contributed by atoms with Gasteiger partial charge in [0.2, 0.25) is 0 Å². The Morgan fingerprint density at radius 2 is 2.00 bits per heavy atom. The molecule has 0 bridgehead atoms. The molecule has 0 saturated carbocycles. The molecule has 176 valence electrons. The molecular weight excluding hydrogens is 498 g/mol. The Kier molecular flexibility index (Phi) is 9.48. The van der Waals surface area contributed by atoms with E-state index in [1.807, 2.05) is 0 Å². The van der Waals surface area contributed by atoms with Crippen molar-refractivity contribution in [3.8, 4) is 0 Å². The molecule has 1 saturated heterocycles. The van der Waals surface area contributed by atoms with Gasteiger partial charge in [0.1, 0.15) is 0 Å². The van der Waals surface area contributed by atoms with E-state index in [2.05, 4.69) is 15.1 Å². The molecule has 0 aliphatic carbocycles. The largest absolute Gasteiger partial charge is 1.00 e. The number of rotatable bonds is 6. The number of benzene rings is 1. The summed E-state index contributed by atoms with van der Waals surface area (Å²) in [6.45, 7) is 0.682. The van der Waals surface area contributed by atoms with Crippen molar-refractivity contribution in [3.63, 3.8) is 0 Å². The molecule has 9 nitrogen and oxygen atoms in total. The van der Waals surface area contributed by atoms with Gasteiger partial charge in [-0.2, -0.15) is 18.3 Å². The van der Waals surface area contributed by atoms with Crippen molar-refractivity contribution in [2.45, 2.75) is 31.5 Å². The fraction of sp³-hybridized carbons (Fsp3) is 0.444. The summed E-state index contributed by atoms with van der Waals surface area (Å²) in [4.78, 5) is 12.4. The minimum Gasteiger partial charge on any atom is -0.423 e. The van der Waals surface area contributed by atoms with Crippen molar-refractivity contribution in [2.24, 2.45) is 7.05 Å². The molecule has 1 aromatic carbocycles. The van der Waals surface area contributed by atoms with Crippen molar-refractivity contribution in [3.05, 3.63) is 45.9 Å². The summed E-state index contributed by atoms with van der Waals surface area (Å²) in [5, 5.41) is 6.09. The smallest absolute Gasteiger partial charge is 0.423 e. The molecule has 0 atom stereocenters. The third-order valence-corrected chi connectivity index (χ3v) is 6.15. The van der Waals surface area contributed by atoms with E-state index >= 15 is 0 Å². The molecule has 1 aliphatic heterocycles. The minimum atomic E-state index is -4.51. The first-order chi connectivity index (χ1) is 14.9. The Labute approximate surface area is 216 Å². The van der Waals surface area contributed by atoms with Gasteiger partial charge in [0.15, 0.2) is 6.03 Å². The van der Waals surface area contributed by atoms with Crippen LogP contribution in [-0.2, 0) is 28.4 Å². The summed E-state index contributed by atoms with van der Waals surface area (Å²) < 4.78 is 75.0. The first kappa shape index (κ1) is 27.7. The van der Waals surface area contributed by atoms with E-state index in [0.29, 0.717) is 26.1 Å². The molecule has 2 heterocycles. The van der Waals surface area contributed by atoms with Gasteiger partial charge in [-0.15, -0.1) is 0 Å². The van der Waals surface area contributed by atoms with Gasteiger partial charge in [0.05, 0.1) is 18.3 Å². The number of amides is 2. The SMILES string of the molecule is Cn1cc(N(C2CCOCC2)S(=O)(=O)[N-]C(=O)Nc2cc(Cl)cc(CC(F)(F)F)c2)cn1.[Na+]. The van der Waals surface area contributed by atoms with Crippen LogP contribution in [-0.4, -0.2) is 49.7 Å². The van der Waals surface area contributed by atoms with Crippen LogP contribution in [0.1, 0.15) is 18.4 Å². The van der Waals surface area contributed by atoms with Crippen molar-refractivity contribution in [2.75, 3.05) is 22.8 Å². The summed E-state index contributed by atoms with van der Waals surface area (Å²) >= 11 is 5.83. The minimum absolute atomic E-state index is 0. The van der Waals surface area contributed by atoms with Crippen LogP contribution < -0.4 is 39.2 Å². The number of urea groups is 1. The van der Waals surface area contributed by atoms with Crippen molar-refractivity contribution >= 4 is 39.2 Å². The predicted octanol–water partition coefficient (Wildman–Crippen LogP) is 1.02. The Morgan fingerprint density at radius 3 is 2.58 bits per heavy atom. The Morgan fingerprint density at radius 1 is 1.33 bits per heavy atom. The Bertz CT molecular complexity index is 1080. The number of alkyl halides is 3. The van der Waals surface area contributed by atoms with E-state index in [9.17, 15) is 26.4 Å². The van der Waals surface area contributed by atoms with Crippen LogP contribution in [0.5, 0.6) is 0 Å². The van der Waals surface area contributed by atoms with Crippen LogP contribution in [0.2, 0.25) is 5.02 Å². The van der Waals surface area contributed by atoms with E-state index in [1.54, 1.807) is 7.05 Å². The van der Waals surface area contributed by atoms with E-state index in [0.717, 1.165) is 16.4 Å². The summed E-state index contributed by atoms with van der Waals surface area (Å²) in [7, 11) is -2.89. The molecule has 0 unspecified atom stereocenters. The van der Waals surface area contributed by atoms with Crippen LogP contribution in [0.3, 0.4) is 0 Å². The van der Waals surface area contributed by atoms with Crippen molar-refractivity contribution in [1.29, 1.82) is 0 Å². The molecule has 2 amide bonds. The molecule has 3 rings (SSSR count). The summed E-state index contributed by atoms with van der Waals surface area (Å²) in [6.07, 6.45) is -2.15. The Balaban J connectivity index is 0.00000385. The third-order valence-electron chi connectivity index (χ3n) is 4.53. The fourth-order valence-corrected chi connectivity index (χ4v) is 4.87. The van der Waals surface area contributed by atoms with E-state index in [1.165, 1.54) is 23.1 Å².